The predicted molar refractivity (Wildman–Crippen MR) is 260 cm³/mol. The first-order valence-electron chi connectivity index (χ1n) is 24.4. The summed E-state index contributed by atoms with van der Waals surface area (Å²) in [5, 5.41) is 0. The number of esters is 4. The Morgan fingerprint density at radius 1 is 0.358 bits per heavy atom. The second-order valence-electron chi connectivity index (χ2n) is 16.6. The Bertz CT molecular complexity index is 1720. The largest absolute Gasteiger partial charge is 2.00 e. The smallest absolute Gasteiger partial charge is 0.748 e. The maximum Gasteiger partial charge on any atom is 2.00 e. The number of ether oxygens (including phenoxy) is 4. The molecule has 0 unspecified atom stereocenters. The summed E-state index contributed by atoms with van der Waals surface area (Å²) in [7, 11) is -8.96. The van der Waals surface area contributed by atoms with Crippen LogP contribution < -0.4 is 0 Å². The molecule has 14 nitrogen and oxygen atoms in total. The van der Waals surface area contributed by atoms with Gasteiger partial charge in [-0.1, -0.05) is 192 Å². The molecule has 17 heteroatoms. The molecule has 67 heavy (non-hydrogen) atoms. The first-order chi connectivity index (χ1) is 31.7. The van der Waals surface area contributed by atoms with Gasteiger partial charge in [-0.2, -0.15) is 0 Å². The average Bonchev–Trinajstić information content (AvgIpc) is 3.28. The third kappa shape index (κ3) is 36.1. The number of rotatable bonds is 38. The molecule has 0 heterocycles. The molecule has 0 aliphatic heterocycles. The number of hydrogen-bond acceptors (Lipinski definition) is 14. The van der Waals surface area contributed by atoms with Crippen LogP contribution in [0.25, 0.3) is 0 Å². The number of carbonyl (C=O) groups excluding carboxylic acids is 4. The molecule has 0 aromatic heterocycles. The molecule has 0 saturated carbocycles. The minimum atomic E-state index is -4.48. The van der Waals surface area contributed by atoms with Crippen molar-refractivity contribution in [3.05, 3.63) is 70.8 Å². The Morgan fingerprint density at radius 3 is 0.761 bits per heavy atom. The second-order valence-corrected chi connectivity index (χ2v) is 19.7. The molecule has 2 aromatic carbocycles. The third-order valence-corrected chi connectivity index (χ3v) is 12.2. The topological polar surface area (TPSA) is 220 Å². The molecule has 0 saturated heterocycles. The maximum absolute atomic E-state index is 12.3. The summed E-state index contributed by atoms with van der Waals surface area (Å²) in [4.78, 5) is 49.0. The van der Waals surface area contributed by atoms with E-state index in [1.807, 2.05) is 0 Å². The SMILES string of the molecule is CCCCCCCCCCCCCCCOC(=O)c1ccccc1C(=O)OCCS(=O)(=O)[O-].CCCCCCCCCCCCCCCOC(=O)c1ccccc1C(=O)OCCS(=O)(=O)[O-].[Ca+2]. The average molecular weight is 1010 g/mol. The van der Waals surface area contributed by atoms with E-state index in [2.05, 4.69) is 13.8 Å². The zero-order valence-electron chi connectivity index (χ0n) is 40.5. The fourth-order valence-corrected chi connectivity index (χ4v) is 7.61. The molecule has 376 valence electrons. The molecule has 0 atom stereocenters. The van der Waals surface area contributed by atoms with Crippen LogP contribution in [0.3, 0.4) is 0 Å². The van der Waals surface area contributed by atoms with Gasteiger partial charge in [-0.05, 0) is 37.1 Å². The fraction of sp³-hybridized carbons (Fsp3) is 0.680. The van der Waals surface area contributed by atoms with Crippen LogP contribution in [-0.2, 0) is 39.2 Å². The zero-order valence-corrected chi connectivity index (χ0v) is 44.3. The van der Waals surface area contributed by atoms with Crippen LogP contribution in [0.2, 0.25) is 0 Å². The summed E-state index contributed by atoms with van der Waals surface area (Å²) in [5.74, 6) is -4.62. The number of benzene rings is 2. The first-order valence-corrected chi connectivity index (χ1v) is 27.6. The Balaban J connectivity index is 0.00000128. The molecule has 0 radical (unpaired) electrons. The van der Waals surface area contributed by atoms with Crippen LogP contribution in [0.5, 0.6) is 0 Å². The van der Waals surface area contributed by atoms with Crippen molar-refractivity contribution in [1.29, 1.82) is 0 Å². The Kier molecular flexibility index (Phi) is 39.6. The van der Waals surface area contributed by atoms with Crippen LogP contribution in [0.1, 0.15) is 222 Å². The third-order valence-electron chi connectivity index (χ3n) is 10.8. The van der Waals surface area contributed by atoms with E-state index in [1.165, 1.54) is 153 Å². The molecule has 0 spiro atoms. The summed E-state index contributed by atoms with van der Waals surface area (Å²) in [6.07, 6.45) is 31.9. The molecule has 0 N–H and O–H groups in total. The van der Waals surface area contributed by atoms with E-state index in [-0.39, 0.29) is 73.2 Å². The molecule has 0 aliphatic rings. The van der Waals surface area contributed by atoms with E-state index < -0.39 is 68.8 Å². The summed E-state index contributed by atoms with van der Waals surface area (Å²) < 4.78 is 83.9. The van der Waals surface area contributed by atoms with Gasteiger partial charge in [-0.25, -0.2) is 36.0 Å². The predicted octanol–water partition coefficient (Wildman–Crippen LogP) is 10.9. The molecule has 0 amide bonds. The van der Waals surface area contributed by atoms with Crippen LogP contribution in [-0.4, -0.2) is 125 Å². The Hall–Kier alpha value is -2.60. The Labute approximate surface area is 432 Å². The van der Waals surface area contributed by atoms with Gasteiger partial charge in [0.25, 0.3) is 0 Å². The fourth-order valence-electron chi connectivity index (χ4n) is 7.03. The molecule has 2 rings (SSSR count). The van der Waals surface area contributed by atoms with Gasteiger partial charge in [0.1, 0.15) is 13.2 Å². The van der Waals surface area contributed by atoms with E-state index >= 15 is 0 Å². The molecule has 0 bridgehead atoms. The quantitative estimate of drug-likeness (QED) is 0.0201. The van der Waals surface area contributed by atoms with Crippen molar-refractivity contribution < 1.29 is 64.1 Å². The van der Waals surface area contributed by atoms with E-state index in [4.69, 9.17) is 18.9 Å². The zero-order chi connectivity index (χ0) is 48.7. The van der Waals surface area contributed by atoms with Gasteiger partial charge in [-0.15, -0.1) is 0 Å². The van der Waals surface area contributed by atoms with Crippen molar-refractivity contribution in [2.24, 2.45) is 0 Å². The summed E-state index contributed by atoms with van der Waals surface area (Å²) in [6, 6.07) is 12.0. The van der Waals surface area contributed by atoms with Crippen LogP contribution in [0.4, 0.5) is 0 Å². The number of hydrogen-bond donors (Lipinski definition) is 0. The molecule has 0 fully saturated rings. The van der Waals surface area contributed by atoms with Crippen molar-refractivity contribution in [2.45, 2.75) is 181 Å². The molecular formula is C50H78CaO14S2. The van der Waals surface area contributed by atoms with E-state index in [0.29, 0.717) is 0 Å². The van der Waals surface area contributed by atoms with Gasteiger partial charge in [0, 0.05) is 0 Å². The van der Waals surface area contributed by atoms with Crippen molar-refractivity contribution in [1.82, 2.24) is 0 Å². The van der Waals surface area contributed by atoms with Gasteiger partial charge >= 0.3 is 61.6 Å². The molecular weight excluding hydrogens is 929 g/mol. The summed E-state index contributed by atoms with van der Waals surface area (Å²) in [6.45, 7) is 3.90. The summed E-state index contributed by atoms with van der Waals surface area (Å²) in [5.41, 5.74) is 0.0803. The first kappa shape index (κ1) is 64.4. The van der Waals surface area contributed by atoms with Gasteiger partial charge in [0.05, 0.1) is 67.2 Å². The number of carbonyl (C=O) groups is 4. The van der Waals surface area contributed by atoms with E-state index in [9.17, 15) is 45.1 Å². The van der Waals surface area contributed by atoms with Crippen molar-refractivity contribution in [3.63, 3.8) is 0 Å². The van der Waals surface area contributed by atoms with Crippen molar-refractivity contribution >= 4 is 81.9 Å². The van der Waals surface area contributed by atoms with Gasteiger partial charge in [0.2, 0.25) is 0 Å². The standard InChI is InChI=1S/2C25H40O7S.Ca/c2*1-2-3-4-5-6-7-8-9-10-11-12-13-16-19-31-24(26)22-17-14-15-18-23(22)25(27)32-20-21-33(28,29)30;/h2*14-15,17-18H,2-13,16,19-21H2,1H3,(H,28,29,30);/q;;+2/p-2. The normalized spacial score (nSPS) is 11.2. The molecule has 0 aliphatic carbocycles. The minimum Gasteiger partial charge on any atom is -0.748 e. The molecule has 2 aromatic rings. The minimum absolute atomic E-state index is 0. The monoisotopic (exact) mass is 1010 g/mol. The van der Waals surface area contributed by atoms with Crippen molar-refractivity contribution in [3.8, 4) is 0 Å². The second kappa shape index (κ2) is 41.2. The van der Waals surface area contributed by atoms with E-state index in [1.54, 1.807) is 24.3 Å². The van der Waals surface area contributed by atoms with Crippen LogP contribution in [0, 0.1) is 0 Å². The van der Waals surface area contributed by atoms with Crippen LogP contribution >= 0.6 is 0 Å². The van der Waals surface area contributed by atoms with Gasteiger partial charge in [-0.3, -0.25) is 0 Å². The van der Waals surface area contributed by atoms with Crippen molar-refractivity contribution in [2.75, 3.05) is 37.9 Å². The number of unbranched alkanes of at least 4 members (excludes halogenated alkanes) is 24. The van der Waals surface area contributed by atoms with Gasteiger partial charge < -0.3 is 28.1 Å². The Morgan fingerprint density at radius 2 is 0.552 bits per heavy atom. The van der Waals surface area contributed by atoms with E-state index in [0.717, 1.165) is 38.5 Å². The summed E-state index contributed by atoms with van der Waals surface area (Å²) >= 11 is 0. The van der Waals surface area contributed by atoms with Crippen LogP contribution in [0.15, 0.2) is 48.5 Å². The maximum atomic E-state index is 12.3. The van der Waals surface area contributed by atoms with Gasteiger partial charge in [0.15, 0.2) is 0 Å².